The van der Waals surface area contributed by atoms with E-state index in [4.69, 9.17) is 0 Å². The fourth-order valence-electron chi connectivity index (χ4n) is 2.38. The molecular weight excluding hydrogens is 306 g/mol. The van der Waals surface area contributed by atoms with Gasteiger partial charge in [0.05, 0.1) is 0 Å². The zero-order valence-corrected chi connectivity index (χ0v) is 15.1. The third-order valence-electron chi connectivity index (χ3n) is 3.78. The summed E-state index contributed by atoms with van der Waals surface area (Å²) in [4.78, 5) is 11.5. The van der Waals surface area contributed by atoms with Crippen LogP contribution in [0, 0.1) is 5.92 Å². The van der Waals surface area contributed by atoms with Crippen LogP contribution in [0.5, 0.6) is 0 Å². The Kier molecular flexibility index (Phi) is 7.71. The van der Waals surface area contributed by atoms with E-state index in [1.807, 2.05) is 12.1 Å². The van der Waals surface area contributed by atoms with Gasteiger partial charge in [-0.1, -0.05) is 86.7 Å². The molecule has 0 saturated carbocycles. The summed E-state index contributed by atoms with van der Waals surface area (Å²) >= 11 is 0. The normalized spacial score (nSPS) is 11.5. The average Bonchev–Trinajstić information content (AvgIpc) is 2.64. The molecule has 0 aliphatic heterocycles. The van der Waals surface area contributed by atoms with Crippen molar-refractivity contribution >= 4 is 12.0 Å². The van der Waals surface area contributed by atoms with Crippen LogP contribution in [-0.2, 0) is 4.79 Å². The Morgan fingerprint density at radius 3 is 2.24 bits per heavy atom. The van der Waals surface area contributed by atoms with Crippen LogP contribution < -0.4 is 5.32 Å². The van der Waals surface area contributed by atoms with Crippen LogP contribution >= 0.6 is 0 Å². The zero-order chi connectivity index (χ0) is 17.9. The minimum atomic E-state index is -0.00539. The van der Waals surface area contributed by atoms with Gasteiger partial charge in [0, 0.05) is 6.54 Å². The SMILES string of the molecule is CC(C)CNC(=O)C=CCCC=Cc1ccc(-c2ccccc2)cc1. The molecule has 0 aromatic heterocycles. The molecule has 0 bridgehead atoms. The van der Waals surface area contributed by atoms with Gasteiger partial charge in [-0.3, -0.25) is 4.79 Å². The van der Waals surface area contributed by atoms with Crippen LogP contribution in [0.2, 0.25) is 0 Å². The minimum absolute atomic E-state index is 0.00539. The van der Waals surface area contributed by atoms with Gasteiger partial charge in [0.25, 0.3) is 0 Å². The molecule has 2 aromatic carbocycles. The van der Waals surface area contributed by atoms with E-state index in [2.05, 4.69) is 79.8 Å². The standard InChI is InChI=1S/C23H27NO/c1-19(2)18-24-23(25)13-9-4-3-6-10-20-14-16-22(17-15-20)21-11-7-5-8-12-21/h5-17,19H,3-4,18H2,1-2H3,(H,24,25). The molecule has 0 aliphatic carbocycles. The summed E-state index contributed by atoms with van der Waals surface area (Å²) in [7, 11) is 0. The Bertz CT molecular complexity index is 697. The van der Waals surface area contributed by atoms with Gasteiger partial charge < -0.3 is 5.32 Å². The summed E-state index contributed by atoms with van der Waals surface area (Å²) < 4.78 is 0. The third kappa shape index (κ3) is 7.21. The third-order valence-corrected chi connectivity index (χ3v) is 3.78. The highest BCUT2D eigenvalue weighted by Gasteiger charge is 1.97. The number of carbonyl (C=O) groups excluding carboxylic acids is 1. The van der Waals surface area contributed by atoms with Crippen LogP contribution in [0.1, 0.15) is 32.3 Å². The number of carbonyl (C=O) groups is 1. The average molecular weight is 333 g/mol. The lowest BCUT2D eigenvalue weighted by Gasteiger charge is -2.04. The number of nitrogens with one attached hydrogen (secondary N) is 1. The number of hydrogen-bond donors (Lipinski definition) is 1. The molecule has 1 N–H and O–H groups in total. The molecule has 0 spiro atoms. The molecule has 2 nitrogen and oxygen atoms in total. The van der Waals surface area contributed by atoms with Gasteiger partial charge in [-0.25, -0.2) is 0 Å². The fourth-order valence-corrected chi connectivity index (χ4v) is 2.38. The molecule has 0 atom stereocenters. The van der Waals surface area contributed by atoms with Gasteiger partial charge in [0.1, 0.15) is 0 Å². The van der Waals surface area contributed by atoms with Crippen molar-refractivity contribution in [2.75, 3.05) is 6.54 Å². The minimum Gasteiger partial charge on any atom is -0.352 e. The lowest BCUT2D eigenvalue weighted by molar-refractivity contribution is -0.116. The molecule has 0 unspecified atom stereocenters. The molecule has 2 heteroatoms. The molecule has 130 valence electrons. The van der Waals surface area contributed by atoms with Crippen LogP contribution in [0.3, 0.4) is 0 Å². The lowest BCUT2D eigenvalue weighted by Crippen LogP contribution is -2.25. The molecular formula is C23H27NO. The van der Waals surface area contributed by atoms with Crippen molar-refractivity contribution in [1.82, 2.24) is 5.32 Å². The molecule has 0 saturated heterocycles. The summed E-state index contributed by atoms with van der Waals surface area (Å²) in [5, 5.41) is 2.87. The smallest absolute Gasteiger partial charge is 0.243 e. The van der Waals surface area contributed by atoms with E-state index < -0.39 is 0 Å². The molecule has 2 aromatic rings. The molecule has 0 aliphatic rings. The topological polar surface area (TPSA) is 29.1 Å². The Balaban J connectivity index is 1.74. The Labute approximate surface area is 151 Å². The summed E-state index contributed by atoms with van der Waals surface area (Å²) in [5.74, 6) is 0.475. The quantitative estimate of drug-likeness (QED) is 0.503. The van der Waals surface area contributed by atoms with Gasteiger partial charge in [0.2, 0.25) is 5.91 Å². The van der Waals surface area contributed by atoms with Crippen molar-refractivity contribution in [3.05, 3.63) is 78.4 Å². The first kappa shape index (κ1) is 18.7. The predicted molar refractivity (Wildman–Crippen MR) is 107 cm³/mol. The molecule has 2 rings (SSSR count). The molecule has 1 amide bonds. The summed E-state index contributed by atoms with van der Waals surface area (Å²) in [5.41, 5.74) is 3.66. The zero-order valence-electron chi connectivity index (χ0n) is 15.1. The van der Waals surface area contributed by atoms with Gasteiger partial charge in [-0.2, -0.15) is 0 Å². The van der Waals surface area contributed by atoms with Crippen molar-refractivity contribution in [3.8, 4) is 11.1 Å². The van der Waals surface area contributed by atoms with E-state index in [9.17, 15) is 4.79 Å². The van der Waals surface area contributed by atoms with Crippen LogP contribution in [-0.4, -0.2) is 12.5 Å². The number of benzene rings is 2. The molecule has 0 radical (unpaired) electrons. The first-order valence-corrected chi connectivity index (χ1v) is 8.91. The van der Waals surface area contributed by atoms with Crippen LogP contribution in [0.4, 0.5) is 0 Å². The van der Waals surface area contributed by atoms with Crippen molar-refractivity contribution in [3.63, 3.8) is 0 Å². The number of allylic oxidation sites excluding steroid dienone is 2. The molecule has 0 heterocycles. The molecule has 25 heavy (non-hydrogen) atoms. The fraction of sp³-hybridized carbons (Fsp3) is 0.261. The first-order chi connectivity index (χ1) is 12.1. The van der Waals surface area contributed by atoms with Crippen molar-refractivity contribution in [1.29, 1.82) is 0 Å². The Hall–Kier alpha value is -2.61. The first-order valence-electron chi connectivity index (χ1n) is 8.91. The summed E-state index contributed by atoms with van der Waals surface area (Å²) in [6, 6.07) is 18.9. The lowest BCUT2D eigenvalue weighted by atomic mass is 10.0. The largest absolute Gasteiger partial charge is 0.352 e. The second-order valence-electron chi connectivity index (χ2n) is 6.51. The van der Waals surface area contributed by atoms with E-state index in [1.165, 1.54) is 16.7 Å². The van der Waals surface area contributed by atoms with Crippen molar-refractivity contribution < 1.29 is 4.79 Å². The second-order valence-corrected chi connectivity index (χ2v) is 6.51. The maximum absolute atomic E-state index is 11.5. The van der Waals surface area contributed by atoms with Gasteiger partial charge >= 0.3 is 0 Å². The maximum atomic E-state index is 11.5. The van der Waals surface area contributed by atoms with Crippen LogP contribution in [0.25, 0.3) is 17.2 Å². The highest BCUT2D eigenvalue weighted by Crippen LogP contribution is 2.19. The van der Waals surface area contributed by atoms with E-state index in [-0.39, 0.29) is 5.91 Å². The number of hydrogen-bond acceptors (Lipinski definition) is 1. The number of unbranched alkanes of at least 4 members (excludes halogenated alkanes) is 1. The maximum Gasteiger partial charge on any atom is 0.243 e. The Morgan fingerprint density at radius 1 is 0.920 bits per heavy atom. The summed E-state index contributed by atoms with van der Waals surface area (Å²) in [6.45, 7) is 4.89. The van der Waals surface area contributed by atoms with E-state index in [1.54, 1.807) is 6.08 Å². The van der Waals surface area contributed by atoms with Crippen LogP contribution in [0.15, 0.2) is 72.8 Å². The molecule has 0 fully saturated rings. The number of amides is 1. The van der Waals surface area contributed by atoms with E-state index in [0.29, 0.717) is 5.92 Å². The van der Waals surface area contributed by atoms with E-state index in [0.717, 1.165) is 19.4 Å². The highest BCUT2D eigenvalue weighted by molar-refractivity contribution is 5.87. The Morgan fingerprint density at radius 2 is 1.56 bits per heavy atom. The van der Waals surface area contributed by atoms with E-state index >= 15 is 0 Å². The van der Waals surface area contributed by atoms with Gasteiger partial charge in [-0.15, -0.1) is 0 Å². The predicted octanol–water partition coefficient (Wildman–Crippen LogP) is 5.48. The highest BCUT2D eigenvalue weighted by atomic mass is 16.1. The summed E-state index contributed by atoms with van der Waals surface area (Å²) in [6.07, 6.45) is 9.63. The van der Waals surface area contributed by atoms with Gasteiger partial charge in [-0.05, 0) is 41.5 Å². The number of rotatable bonds is 8. The van der Waals surface area contributed by atoms with Crippen molar-refractivity contribution in [2.24, 2.45) is 5.92 Å². The van der Waals surface area contributed by atoms with Crippen molar-refractivity contribution in [2.45, 2.75) is 26.7 Å². The van der Waals surface area contributed by atoms with Gasteiger partial charge in [0.15, 0.2) is 0 Å². The second kappa shape index (κ2) is 10.3. The monoisotopic (exact) mass is 333 g/mol.